The summed E-state index contributed by atoms with van der Waals surface area (Å²) in [5.74, 6) is 1.25. The molecule has 6 rings (SSSR count). The van der Waals surface area contributed by atoms with Crippen LogP contribution < -0.4 is 4.74 Å². The van der Waals surface area contributed by atoms with Crippen LogP contribution in [0.2, 0.25) is 5.02 Å². The van der Waals surface area contributed by atoms with E-state index >= 15 is 0 Å². The molecule has 0 radical (unpaired) electrons. The average molecular weight is 566 g/mol. The molecule has 1 unspecified atom stereocenters. The normalized spacial score (nSPS) is 18.1. The van der Waals surface area contributed by atoms with Crippen LogP contribution in [-0.4, -0.2) is 50.2 Å². The Kier molecular flexibility index (Phi) is 7.64. The number of imidazole rings is 1. The molecule has 2 aliphatic rings. The lowest BCUT2D eigenvalue weighted by atomic mass is 9.93. The summed E-state index contributed by atoms with van der Waals surface area (Å²) in [5.41, 5.74) is 2.97. The SMILES string of the molecule is O=[N+]([O-])c1ccc2c(c1)nc(CN1CCC(c3cccc(OCc4ccc(Cl)cc4F)n3)CC1)n2CC1CCO1. The van der Waals surface area contributed by atoms with E-state index in [0.29, 0.717) is 35.1 Å². The van der Waals surface area contributed by atoms with Crippen LogP contribution in [-0.2, 0) is 24.4 Å². The van der Waals surface area contributed by atoms with Gasteiger partial charge in [-0.1, -0.05) is 23.7 Å². The van der Waals surface area contributed by atoms with E-state index in [1.807, 2.05) is 12.1 Å². The number of pyridine rings is 1. The van der Waals surface area contributed by atoms with Crippen LogP contribution in [0.5, 0.6) is 5.88 Å². The highest BCUT2D eigenvalue weighted by molar-refractivity contribution is 6.30. The van der Waals surface area contributed by atoms with Crippen LogP contribution in [0.15, 0.2) is 54.6 Å². The third kappa shape index (κ3) is 5.79. The highest BCUT2D eigenvalue weighted by Crippen LogP contribution is 2.30. The van der Waals surface area contributed by atoms with Gasteiger partial charge in [-0.3, -0.25) is 15.0 Å². The summed E-state index contributed by atoms with van der Waals surface area (Å²) < 4.78 is 27.7. The summed E-state index contributed by atoms with van der Waals surface area (Å²) in [6, 6.07) is 15.1. The number of nitro groups is 1. The molecule has 2 saturated heterocycles. The molecule has 2 aliphatic heterocycles. The molecule has 0 bridgehead atoms. The minimum absolute atomic E-state index is 0.0430. The van der Waals surface area contributed by atoms with Crippen LogP contribution in [0.4, 0.5) is 10.1 Å². The predicted octanol–water partition coefficient (Wildman–Crippen LogP) is 5.88. The van der Waals surface area contributed by atoms with E-state index in [1.165, 1.54) is 12.1 Å². The molecule has 0 N–H and O–H groups in total. The Bertz CT molecular complexity index is 1530. The van der Waals surface area contributed by atoms with E-state index in [4.69, 9.17) is 31.0 Å². The van der Waals surface area contributed by atoms with Gasteiger partial charge in [-0.05, 0) is 56.6 Å². The van der Waals surface area contributed by atoms with Crippen molar-refractivity contribution in [1.82, 2.24) is 19.4 Å². The fourth-order valence-corrected chi connectivity index (χ4v) is 5.51. The van der Waals surface area contributed by atoms with E-state index < -0.39 is 5.82 Å². The molecular weight excluding hydrogens is 537 g/mol. The first-order valence-corrected chi connectivity index (χ1v) is 13.8. The highest BCUT2D eigenvalue weighted by atomic mass is 35.5. The van der Waals surface area contributed by atoms with Gasteiger partial charge in [0.2, 0.25) is 5.88 Å². The maximum atomic E-state index is 14.1. The number of non-ortho nitro benzene ring substituents is 1. The summed E-state index contributed by atoms with van der Waals surface area (Å²) in [4.78, 5) is 22.8. The highest BCUT2D eigenvalue weighted by Gasteiger charge is 2.26. The molecule has 1 atom stereocenters. The van der Waals surface area contributed by atoms with Crippen LogP contribution in [0, 0.1) is 15.9 Å². The Labute approximate surface area is 235 Å². The Hall–Kier alpha value is -3.60. The van der Waals surface area contributed by atoms with Gasteiger partial charge in [-0.2, -0.15) is 0 Å². The van der Waals surface area contributed by atoms with Crippen LogP contribution >= 0.6 is 11.6 Å². The lowest BCUT2D eigenvalue weighted by Crippen LogP contribution is -2.35. The molecule has 40 heavy (non-hydrogen) atoms. The number of nitro benzene ring substituents is 1. The van der Waals surface area contributed by atoms with Gasteiger partial charge in [-0.15, -0.1) is 0 Å². The second-order valence-electron chi connectivity index (χ2n) is 10.3. The number of halogens is 2. The van der Waals surface area contributed by atoms with Gasteiger partial charge in [0, 0.05) is 47.0 Å². The predicted molar refractivity (Wildman–Crippen MR) is 148 cm³/mol. The third-order valence-electron chi connectivity index (χ3n) is 7.71. The summed E-state index contributed by atoms with van der Waals surface area (Å²) in [5, 5.41) is 11.6. The van der Waals surface area contributed by atoms with Crippen LogP contribution in [0.1, 0.15) is 42.3 Å². The van der Waals surface area contributed by atoms with Gasteiger partial charge in [0.05, 0.1) is 35.2 Å². The number of likely N-dealkylation sites (tertiary alicyclic amines) is 1. The fourth-order valence-electron chi connectivity index (χ4n) is 5.35. The maximum absolute atomic E-state index is 14.1. The molecule has 2 fully saturated rings. The molecule has 11 heteroatoms. The van der Waals surface area contributed by atoms with Crippen molar-refractivity contribution in [2.45, 2.75) is 51.0 Å². The van der Waals surface area contributed by atoms with Gasteiger partial charge in [0.25, 0.3) is 5.69 Å². The lowest BCUT2D eigenvalue weighted by Gasteiger charge is -2.32. The van der Waals surface area contributed by atoms with Crippen LogP contribution in [0.3, 0.4) is 0 Å². The first-order chi connectivity index (χ1) is 19.4. The Morgan fingerprint density at radius 1 is 1.10 bits per heavy atom. The van der Waals surface area contributed by atoms with Crippen molar-refractivity contribution >= 4 is 28.3 Å². The molecule has 9 nitrogen and oxygen atoms in total. The first-order valence-electron chi connectivity index (χ1n) is 13.4. The number of nitrogens with zero attached hydrogens (tertiary/aromatic N) is 5. The van der Waals surface area contributed by atoms with Crippen molar-refractivity contribution in [2.24, 2.45) is 0 Å². The molecule has 0 aliphatic carbocycles. The number of fused-ring (bicyclic) bond motifs is 1. The molecule has 2 aromatic carbocycles. The van der Waals surface area contributed by atoms with E-state index in [0.717, 1.165) is 56.0 Å². The van der Waals surface area contributed by atoms with Gasteiger partial charge >= 0.3 is 0 Å². The average Bonchev–Trinajstić information content (AvgIpc) is 3.26. The van der Waals surface area contributed by atoms with Gasteiger partial charge < -0.3 is 14.0 Å². The first kappa shape index (κ1) is 26.6. The van der Waals surface area contributed by atoms with Crippen molar-refractivity contribution in [3.8, 4) is 5.88 Å². The summed E-state index contributed by atoms with van der Waals surface area (Å²) in [6.07, 6.45) is 3.01. The number of piperidine rings is 1. The Morgan fingerprint density at radius 3 is 2.65 bits per heavy atom. The molecular formula is C29H29ClFN5O4. The molecule has 4 heterocycles. The number of benzene rings is 2. The number of rotatable bonds is 9. The monoisotopic (exact) mass is 565 g/mol. The number of aromatic nitrogens is 3. The van der Waals surface area contributed by atoms with Gasteiger partial charge in [-0.25, -0.2) is 14.4 Å². The summed E-state index contributed by atoms with van der Waals surface area (Å²) in [6.45, 7) is 3.94. The van der Waals surface area contributed by atoms with Crippen molar-refractivity contribution in [2.75, 3.05) is 19.7 Å². The second kappa shape index (κ2) is 11.5. The van der Waals surface area contributed by atoms with E-state index in [2.05, 4.69) is 9.47 Å². The fraction of sp³-hybridized carbons (Fsp3) is 0.379. The zero-order valence-corrected chi connectivity index (χ0v) is 22.6. The largest absolute Gasteiger partial charge is 0.473 e. The van der Waals surface area contributed by atoms with Crippen molar-refractivity contribution in [3.05, 3.63) is 92.6 Å². The van der Waals surface area contributed by atoms with Crippen molar-refractivity contribution in [3.63, 3.8) is 0 Å². The number of hydrogen-bond donors (Lipinski definition) is 0. The molecule has 2 aromatic heterocycles. The third-order valence-corrected chi connectivity index (χ3v) is 7.94. The molecule has 208 valence electrons. The Balaban J connectivity index is 1.11. The van der Waals surface area contributed by atoms with Crippen molar-refractivity contribution in [1.29, 1.82) is 0 Å². The summed E-state index contributed by atoms with van der Waals surface area (Å²) >= 11 is 5.84. The van der Waals surface area contributed by atoms with Crippen molar-refractivity contribution < 1.29 is 18.8 Å². The van der Waals surface area contributed by atoms with E-state index in [-0.39, 0.29) is 29.2 Å². The Morgan fingerprint density at radius 2 is 1.93 bits per heavy atom. The number of ether oxygens (including phenoxy) is 2. The maximum Gasteiger partial charge on any atom is 0.271 e. The topological polar surface area (TPSA) is 95.5 Å². The summed E-state index contributed by atoms with van der Waals surface area (Å²) in [7, 11) is 0. The zero-order chi connectivity index (χ0) is 27.6. The zero-order valence-electron chi connectivity index (χ0n) is 21.8. The minimum atomic E-state index is -0.400. The molecule has 0 saturated carbocycles. The number of hydrogen-bond acceptors (Lipinski definition) is 7. The van der Waals surface area contributed by atoms with Crippen LogP contribution in [0.25, 0.3) is 11.0 Å². The molecule has 0 spiro atoms. The standard InChI is InChI=1S/C29H29ClFN5O4/c30-21-5-4-20(24(31)14-21)18-40-29-3-1-2-25(33-29)19-8-11-34(12-9-19)17-28-32-26-15-22(36(37)38)6-7-27(26)35(28)16-23-10-13-39-23/h1-7,14-15,19,23H,8-13,16-18H2. The quantitative estimate of drug-likeness (QED) is 0.185. The molecule has 0 amide bonds. The van der Waals surface area contributed by atoms with E-state index in [9.17, 15) is 14.5 Å². The molecule has 4 aromatic rings. The van der Waals surface area contributed by atoms with Gasteiger partial charge in [0.15, 0.2) is 0 Å². The smallest absolute Gasteiger partial charge is 0.271 e. The second-order valence-corrected chi connectivity index (χ2v) is 10.8. The van der Waals surface area contributed by atoms with E-state index in [1.54, 1.807) is 30.3 Å². The lowest BCUT2D eigenvalue weighted by molar-refractivity contribution is -0.384. The van der Waals surface area contributed by atoms with Gasteiger partial charge in [0.1, 0.15) is 18.2 Å². The minimum Gasteiger partial charge on any atom is -0.473 e.